The van der Waals surface area contributed by atoms with Crippen LogP contribution in [0, 0.1) is 6.92 Å². The number of hydrogen-bond acceptors (Lipinski definition) is 6. The first-order chi connectivity index (χ1) is 13.9. The highest BCUT2D eigenvalue weighted by atomic mass is 16.6. The highest BCUT2D eigenvalue weighted by molar-refractivity contribution is 5.98. The van der Waals surface area contributed by atoms with E-state index < -0.39 is 6.03 Å². The van der Waals surface area contributed by atoms with Crippen LogP contribution >= 0.6 is 0 Å². The van der Waals surface area contributed by atoms with Crippen molar-refractivity contribution in [2.24, 2.45) is 11.0 Å². The molecule has 0 atom stereocenters. The first kappa shape index (κ1) is 22.0. The minimum atomic E-state index is -0.441. The molecule has 2 rings (SSSR count). The van der Waals surface area contributed by atoms with Gasteiger partial charge in [0.05, 0.1) is 24.1 Å². The lowest BCUT2D eigenvalue weighted by molar-refractivity contribution is 0.159. The van der Waals surface area contributed by atoms with Gasteiger partial charge in [-0.05, 0) is 62.2 Å². The fourth-order valence-corrected chi connectivity index (χ4v) is 2.63. The van der Waals surface area contributed by atoms with Gasteiger partial charge in [-0.2, -0.15) is 0 Å². The number of benzene rings is 2. The first-order valence-corrected chi connectivity index (χ1v) is 9.23. The van der Waals surface area contributed by atoms with Crippen LogP contribution in [0.5, 0.6) is 11.5 Å². The summed E-state index contributed by atoms with van der Waals surface area (Å²) in [5, 5.41) is 7.78. The van der Waals surface area contributed by atoms with E-state index in [9.17, 15) is 4.79 Å². The predicted molar refractivity (Wildman–Crippen MR) is 113 cm³/mol. The SMILES string of the molecule is CCON=C(C)c1ccc(OCc2c(NC(=O)N(C)N)cccc2OC)c(C)c1. The van der Waals surface area contributed by atoms with Crippen LogP contribution in [0.2, 0.25) is 0 Å². The summed E-state index contributed by atoms with van der Waals surface area (Å²) < 4.78 is 11.4. The molecule has 0 aliphatic carbocycles. The first-order valence-electron chi connectivity index (χ1n) is 9.23. The molecular weight excluding hydrogens is 372 g/mol. The minimum absolute atomic E-state index is 0.208. The molecule has 0 aliphatic rings. The number of rotatable bonds is 8. The maximum atomic E-state index is 12.0. The van der Waals surface area contributed by atoms with E-state index in [0.717, 1.165) is 27.6 Å². The van der Waals surface area contributed by atoms with Crippen molar-refractivity contribution in [3.05, 3.63) is 53.1 Å². The zero-order valence-corrected chi connectivity index (χ0v) is 17.5. The van der Waals surface area contributed by atoms with E-state index in [-0.39, 0.29) is 6.61 Å². The Kier molecular flexibility index (Phi) is 7.85. The van der Waals surface area contributed by atoms with Crippen molar-refractivity contribution in [2.45, 2.75) is 27.4 Å². The summed E-state index contributed by atoms with van der Waals surface area (Å²) in [6.07, 6.45) is 0. The lowest BCUT2D eigenvalue weighted by Gasteiger charge is -2.18. The molecule has 0 bridgehead atoms. The highest BCUT2D eigenvalue weighted by Gasteiger charge is 2.14. The number of hydrogen-bond donors (Lipinski definition) is 2. The molecular formula is C21H28N4O4. The van der Waals surface area contributed by atoms with Crippen LogP contribution in [0.25, 0.3) is 0 Å². The van der Waals surface area contributed by atoms with Crippen LogP contribution in [0.4, 0.5) is 10.5 Å². The zero-order chi connectivity index (χ0) is 21.4. The van der Waals surface area contributed by atoms with E-state index >= 15 is 0 Å². The summed E-state index contributed by atoms with van der Waals surface area (Å²) in [5.74, 6) is 6.83. The number of nitrogens with one attached hydrogen (secondary N) is 1. The number of ether oxygens (including phenoxy) is 2. The second-order valence-electron chi connectivity index (χ2n) is 6.39. The molecule has 2 aromatic rings. The number of carbonyl (C=O) groups is 1. The maximum absolute atomic E-state index is 12.0. The van der Waals surface area contributed by atoms with Crippen LogP contribution in [0.3, 0.4) is 0 Å². The van der Waals surface area contributed by atoms with Crippen molar-refractivity contribution >= 4 is 17.4 Å². The van der Waals surface area contributed by atoms with Gasteiger partial charge in [-0.15, -0.1) is 0 Å². The molecule has 2 amide bonds. The van der Waals surface area contributed by atoms with Crippen LogP contribution in [-0.4, -0.2) is 37.5 Å². The van der Waals surface area contributed by atoms with Crippen molar-refractivity contribution in [1.82, 2.24) is 5.01 Å². The average molecular weight is 400 g/mol. The molecule has 0 saturated carbocycles. The summed E-state index contributed by atoms with van der Waals surface area (Å²) in [7, 11) is 3.04. The Hall–Kier alpha value is -3.26. The maximum Gasteiger partial charge on any atom is 0.335 e. The number of nitrogens with two attached hydrogens (primary N) is 1. The smallest absolute Gasteiger partial charge is 0.335 e. The van der Waals surface area contributed by atoms with Crippen molar-refractivity contribution in [2.75, 3.05) is 26.1 Å². The molecule has 0 aromatic heterocycles. The molecule has 0 fully saturated rings. The van der Waals surface area contributed by atoms with Crippen molar-refractivity contribution < 1.29 is 19.1 Å². The molecule has 0 radical (unpaired) electrons. The van der Waals surface area contributed by atoms with Gasteiger partial charge >= 0.3 is 6.03 Å². The number of amides is 2. The Labute approximate surface area is 171 Å². The van der Waals surface area contributed by atoms with Crippen molar-refractivity contribution in [3.8, 4) is 11.5 Å². The van der Waals surface area contributed by atoms with E-state index in [2.05, 4.69) is 10.5 Å². The van der Waals surface area contributed by atoms with Crippen molar-refractivity contribution in [1.29, 1.82) is 0 Å². The van der Waals surface area contributed by atoms with E-state index in [1.165, 1.54) is 7.05 Å². The molecule has 0 unspecified atom stereocenters. The summed E-state index contributed by atoms with van der Waals surface area (Å²) in [6, 6.07) is 10.7. The third-order valence-electron chi connectivity index (χ3n) is 4.21. The molecule has 29 heavy (non-hydrogen) atoms. The molecule has 0 saturated heterocycles. The summed E-state index contributed by atoms with van der Waals surface area (Å²) in [6.45, 7) is 6.47. The number of methoxy groups -OCH3 is 1. The molecule has 0 heterocycles. The minimum Gasteiger partial charge on any atom is -0.496 e. The normalized spacial score (nSPS) is 11.0. The summed E-state index contributed by atoms with van der Waals surface area (Å²) in [5.41, 5.74) is 3.99. The van der Waals surface area contributed by atoms with Gasteiger partial charge in [0.1, 0.15) is 24.7 Å². The number of hydrazine groups is 1. The van der Waals surface area contributed by atoms with Gasteiger partial charge in [0.15, 0.2) is 0 Å². The Morgan fingerprint density at radius 2 is 2.00 bits per heavy atom. The molecule has 2 aromatic carbocycles. The van der Waals surface area contributed by atoms with Crippen LogP contribution in [0.1, 0.15) is 30.5 Å². The number of aryl methyl sites for hydroxylation is 1. The average Bonchev–Trinajstić information content (AvgIpc) is 2.71. The van der Waals surface area contributed by atoms with Crippen LogP contribution < -0.4 is 20.6 Å². The van der Waals surface area contributed by atoms with Gasteiger partial charge in [0.2, 0.25) is 0 Å². The molecule has 3 N–H and O–H groups in total. The molecule has 0 aliphatic heterocycles. The Balaban J connectivity index is 2.22. The third kappa shape index (κ3) is 5.86. The molecule has 8 heteroatoms. The lowest BCUT2D eigenvalue weighted by Crippen LogP contribution is -2.37. The fourth-order valence-electron chi connectivity index (χ4n) is 2.63. The standard InChI is InChI=1S/C21H28N4O4/c1-6-29-24-15(3)16-10-11-19(14(2)12-16)28-13-17-18(23-21(26)25(4)22)8-7-9-20(17)27-5/h7-12H,6,13,22H2,1-5H3,(H,23,26). The van der Waals surface area contributed by atoms with Crippen LogP contribution in [0.15, 0.2) is 41.6 Å². The number of anilines is 1. The summed E-state index contributed by atoms with van der Waals surface area (Å²) >= 11 is 0. The largest absolute Gasteiger partial charge is 0.496 e. The van der Waals surface area contributed by atoms with E-state index in [0.29, 0.717) is 23.6 Å². The Morgan fingerprint density at radius 3 is 2.62 bits per heavy atom. The molecule has 0 spiro atoms. The van der Waals surface area contributed by atoms with E-state index in [4.69, 9.17) is 20.2 Å². The summed E-state index contributed by atoms with van der Waals surface area (Å²) in [4.78, 5) is 17.1. The third-order valence-corrected chi connectivity index (χ3v) is 4.21. The number of urea groups is 1. The monoisotopic (exact) mass is 400 g/mol. The topological polar surface area (TPSA) is 98.4 Å². The second-order valence-corrected chi connectivity index (χ2v) is 6.39. The Morgan fingerprint density at radius 1 is 1.24 bits per heavy atom. The van der Waals surface area contributed by atoms with Crippen LogP contribution in [-0.2, 0) is 11.4 Å². The van der Waals surface area contributed by atoms with Gasteiger partial charge in [0, 0.05) is 7.05 Å². The van der Waals surface area contributed by atoms with E-state index in [1.807, 2.05) is 45.0 Å². The number of oxime groups is 1. The zero-order valence-electron chi connectivity index (χ0n) is 17.5. The lowest BCUT2D eigenvalue weighted by atomic mass is 10.1. The fraction of sp³-hybridized carbons (Fsp3) is 0.333. The molecule has 156 valence electrons. The van der Waals surface area contributed by atoms with Crippen molar-refractivity contribution in [3.63, 3.8) is 0 Å². The Bertz CT molecular complexity index is 881. The van der Waals surface area contributed by atoms with Gasteiger partial charge < -0.3 is 19.6 Å². The van der Waals surface area contributed by atoms with Gasteiger partial charge in [-0.3, -0.25) is 5.01 Å². The van der Waals surface area contributed by atoms with Gasteiger partial charge in [-0.25, -0.2) is 10.6 Å². The van der Waals surface area contributed by atoms with E-state index in [1.54, 1.807) is 19.2 Å². The number of nitrogens with zero attached hydrogens (tertiary/aromatic N) is 2. The molecule has 8 nitrogen and oxygen atoms in total. The highest BCUT2D eigenvalue weighted by Crippen LogP contribution is 2.29. The predicted octanol–water partition coefficient (Wildman–Crippen LogP) is 3.68. The number of carbonyl (C=O) groups excluding carboxylic acids is 1. The van der Waals surface area contributed by atoms with Gasteiger partial charge in [-0.1, -0.05) is 11.2 Å². The quantitative estimate of drug-likeness (QED) is 0.305. The van der Waals surface area contributed by atoms with Gasteiger partial charge in [0.25, 0.3) is 0 Å². The second kappa shape index (κ2) is 10.3.